The van der Waals surface area contributed by atoms with Crippen molar-refractivity contribution in [1.82, 2.24) is 4.90 Å². The number of nitrogens with zero attached hydrogens (tertiary/aromatic N) is 1. The minimum Gasteiger partial charge on any atom is -0.384 e. The standard InChI is InChI=1S/C16H20ClNO2/c1-11(2)12(3)18(4)16(20)14-8-7-13(6-5-9-19)15(17)10-14/h7-8,10-12,19H,9H2,1-4H3. The van der Waals surface area contributed by atoms with E-state index >= 15 is 0 Å². The van der Waals surface area contributed by atoms with E-state index in [0.29, 0.717) is 22.1 Å². The maximum Gasteiger partial charge on any atom is 0.253 e. The van der Waals surface area contributed by atoms with Gasteiger partial charge in [0.05, 0.1) is 5.02 Å². The molecule has 20 heavy (non-hydrogen) atoms. The van der Waals surface area contributed by atoms with Crippen LogP contribution in [-0.4, -0.2) is 35.6 Å². The van der Waals surface area contributed by atoms with Crippen LogP contribution in [-0.2, 0) is 0 Å². The van der Waals surface area contributed by atoms with Crippen LogP contribution in [0.25, 0.3) is 0 Å². The highest BCUT2D eigenvalue weighted by molar-refractivity contribution is 6.32. The van der Waals surface area contributed by atoms with E-state index in [1.54, 1.807) is 30.1 Å². The van der Waals surface area contributed by atoms with E-state index in [-0.39, 0.29) is 18.6 Å². The fraction of sp³-hybridized carbons (Fsp3) is 0.438. The van der Waals surface area contributed by atoms with Crippen molar-refractivity contribution in [2.75, 3.05) is 13.7 Å². The molecule has 1 aromatic rings. The zero-order valence-corrected chi connectivity index (χ0v) is 13.0. The van der Waals surface area contributed by atoms with Crippen molar-refractivity contribution in [3.63, 3.8) is 0 Å². The third-order valence-corrected chi connectivity index (χ3v) is 3.73. The zero-order chi connectivity index (χ0) is 15.3. The number of aliphatic hydroxyl groups is 1. The van der Waals surface area contributed by atoms with Crippen LogP contribution in [0.15, 0.2) is 18.2 Å². The van der Waals surface area contributed by atoms with Crippen molar-refractivity contribution in [1.29, 1.82) is 0 Å². The predicted molar refractivity (Wildman–Crippen MR) is 81.8 cm³/mol. The van der Waals surface area contributed by atoms with Gasteiger partial charge in [0.2, 0.25) is 0 Å². The number of aliphatic hydroxyl groups excluding tert-OH is 1. The molecule has 4 heteroatoms. The van der Waals surface area contributed by atoms with Crippen molar-refractivity contribution in [3.8, 4) is 11.8 Å². The Morgan fingerprint density at radius 3 is 2.55 bits per heavy atom. The monoisotopic (exact) mass is 293 g/mol. The third-order valence-electron chi connectivity index (χ3n) is 3.41. The van der Waals surface area contributed by atoms with Crippen molar-refractivity contribution in [2.24, 2.45) is 5.92 Å². The van der Waals surface area contributed by atoms with Crippen LogP contribution in [0, 0.1) is 17.8 Å². The Hall–Kier alpha value is -1.50. The lowest BCUT2D eigenvalue weighted by Crippen LogP contribution is -2.38. The highest BCUT2D eigenvalue weighted by atomic mass is 35.5. The zero-order valence-electron chi connectivity index (χ0n) is 12.3. The molecule has 3 nitrogen and oxygen atoms in total. The second-order valence-electron chi connectivity index (χ2n) is 5.06. The fourth-order valence-electron chi connectivity index (χ4n) is 1.72. The molecule has 108 valence electrons. The normalized spacial score (nSPS) is 11.8. The quantitative estimate of drug-likeness (QED) is 0.871. The SMILES string of the molecule is CC(C)C(C)N(C)C(=O)c1ccc(C#CCO)c(Cl)c1. The summed E-state index contributed by atoms with van der Waals surface area (Å²) in [5.41, 5.74) is 1.15. The van der Waals surface area contributed by atoms with E-state index in [4.69, 9.17) is 16.7 Å². The average Bonchev–Trinajstić information content (AvgIpc) is 2.43. The van der Waals surface area contributed by atoms with Crippen molar-refractivity contribution in [2.45, 2.75) is 26.8 Å². The van der Waals surface area contributed by atoms with Gasteiger partial charge in [0.15, 0.2) is 0 Å². The van der Waals surface area contributed by atoms with E-state index in [1.165, 1.54) is 0 Å². The smallest absolute Gasteiger partial charge is 0.253 e. The summed E-state index contributed by atoms with van der Waals surface area (Å²) < 4.78 is 0. The number of rotatable bonds is 3. The molecule has 1 N–H and O–H groups in total. The van der Waals surface area contributed by atoms with E-state index in [0.717, 1.165) is 0 Å². The molecule has 0 fully saturated rings. The Morgan fingerprint density at radius 1 is 1.40 bits per heavy atom. The first-order chi connectivity index (χ1) is 9.38. The average molecular weight is 294 g/mol. The lowest BCUT2D eigenvalue weighted by Gasteiger charge is -2.28. The van der Waals surface area contributed by atoms with Gasteiger partial charge in [-0.15, -0.1) is 0 Å². The summed E-state index contributed by atoms with van der Waals surface area (Å²) in [4.78, 5) is 14.1. The molecule has 0 aliphatic heterocycles. The summed E-state index contributed by atoms with van der Waals surface area (Å²) in [6, 6.07) is 5.18. The molecule has 0 saturated carbocycles. The molecule has 0 aliphatic rings. The van der Waals surface area contributed by atoms with Gasteiger partial charge in [0.1, 0.15) is 6.61 Å². The molecule has 1 amide bonds. The van der Waals surface area contributed by atoms with Crippen LogP contribution >= 0.6 is 11.6 Å². The van der Waals surface area contributed by atoms with E-state index < -0.39 is 0 Å². The molecule has 1 atom stereocenters. The van der Waals surface area contributed by atoms with Crippen molar-refractivity contribution < 1.29 is 9.90 Å². The molecule has 0 heterocycles. The predicted octanol–water partition coefficient (Wildman–Crippen LogP) is 2.80. The Kier molecular flexibility index (Phi) is 6.06. The van der Waals surface area contributed by atoms with Gasteiger partial charge >= 0.3 is 0 Å². The van der Waals surface area contributed by atoms with Gasteiger partial charge in [-0.1, -0.05) is 37.3 Å². The summed E-state index contributed by atoms with van der Waals surface area (Å²) in [5.74, 6) is 5.60. The first kappa shape index (κ1) is 16.6. The summed E-state index contributed by atoms with van der Waals surface area (Å²) in [7, 11) is 1.79. The summed E-state index contributed by atoms with van der Waals surface area (Å²) in [6.45, 7) is 5.96. The van der Waals surface area contributed by atoms with Crippen LogP contribution in [0.5, 0.6) is 0 Å². The number of halogens is 1. The molecule has 0 bridgehead atoms. The molecule has 1 rings (SSSR count). The Morgan fingerprint density at radius 2 is 2.05 bits per heavy atom. The van der Waals surface area contributed by atoms with Crippen LogP contribution < -0.4 is 0 Å². The number of carbonyl (C=O) groups excluding carboxylic acids is 1. The topological polar surface area (TPSA) is 40.5 Å². The lowest BCUT2D eigenvalue weighted by molar-refractivity contribution is 0.0707. The van der Waals surface area contributed by atoms with E-state index in [2.05, 4.69) is 25.7 Å². The van der Waals surface area contributed by atoms with Gasteiger partial charge in [0, 0.05) is 24.2 Å². The van der Waals surface area contributed by atoms with Crippen LogP contribution in [0.2, 0.25) is 5.02 Å². The largest absolute Gasteiger partial charge is 0.384 e. The number of carbonyl (C=O) groups is 1. The molecule has 1 aromatic carbocycles. The maximum absolute atomic E-state index is 12.4. The molecular formula is C16H20ClNO2. The fourth-order valence-corrected chi connectivity index (χ4v) is 1.95. The second-order valence-corrected chi connectivity index (χ2v) is 5.46. The minimum atomic E-state index is -0.217. The highest BCUT2D eigenvalue weighted by Gasteiger charge is 2.20. The van der Waals surface area contributed by atoms with Gasteiger partial charge in [-0.2, -0.15) is 0 Å². The van der Waals surface area contributed by atoms with Crippen LogP contribution in [0.3, 0.4) is 0 Å². The molecular weight excluding hydrogens is 274 g/mol. The van der Waals surface area contributed by atoms with Gasteiger partial charge < -0.3 is 10.0 Å². The second kappa shape index (κ2) is 7.33. The van der Waals surface area contributed by atoms with Gasteiger partial charge in [-0.05, 0) is 31.0 Å². The van der Waals surface area contributed by atoms with E-state index in [9.17, 15) is 4.79 Å². The maximum atomic E-state index is 12.4. The van der Waals surface area contributed by atoms with Crippen molar-refractivity contribution in [3.05, 3.63) is 34.3 Å². The molecule has 0 aliphatic carbocycles. The number of amides is 1. The summed E-state index contributed by atoms with van der Waals surface area (Å²) in [6.07, 6.45) is 0. The molecule has 0 spiro atoms. The van der Waals surface area contributed by atoms with E-state index in [1.807, 2.05) is 6.92 Å². The number of hydrogen-bond donors (Lipinski definition) is 1. The van der Waals surface area contributed by atoms with Gasteiger partial charge in [0.25, 0.3) is 5.91 Å². The summed E-state index contributed by atoms with van der Waals surface area (Å²) >= 11 is 6.10. The highest BCUT2D eigenvalue weighted by Crippen LogP contribution is 2.19. The third kappa shape index (κ3) is 4.00. The van der Waals surface area contributed by atoms with Crippen LogP contribution in [0.4, 0.5) is 0 Å². The van der Waals surface area contributed by atoms with Gasteiger partial charge in [-0.3, -0.25) is 4.79 Å². The molecule has 0 saturated heterocycles. The van der Waals surface area contributed by atoms with Crippen LogP contribution in [0.1, 0.15) is 36.7 Å². The Bertz CT molecular complexity index is 543. The minimum absolute atomic E-state index is 0.0604. The lowest BCUT2D eigenvalue weighted by atomic mass is 10.0. The van der Waals surface area contributed by atoms with Crippen molar-refractivity contribution >= 4 is 17.5 Å². The molecule has 1 unspecified atom stereocenters. The number of benzene rings is 1. The van der Waals surface area contributed by atoms with Gasteiger partial charge in [-0.25, -0.2) is 0 Å². The Labute approximate surface area is 125 Å². The first-order valence-electron chi connectivity index (χ1n) is 6.55. The molecule has 0 radical (unpaired) electrons. The summed E-state index contributed by atoms with van der Waals surface area (Å²) in [5, 5.41) is 9.09. The first-order valence-corrected chi connectivity index (χ1v) is 6.92. The number of hydrogen-bond acceptors (Lipinski definition) is 2. The Balaban J connectivity index is 2.98. The molecule has 0 aromatic heterocycles.